The minimum atomic E-state index is -0.844. The number of rotatable bonds is 6. The lowest BCUT2D eigenvalue weighted by Gasteiger charge is -2.29. The molecule has 1 unspecified atom stereocenters. The van der Waals surface area contributed by atoms with Gasteiger partial charge in [0.15, 0.2) is 0 Å². The molecule has 0 heterocycles. The van der Waals surface area contributed by atoms with Gasteiger partial charge in [-0.05, 0) is 31.2 Å². The molecule has 3 heteroatoms. The molecule has 18 heavy (non-hydrogen) atoms. The van der Waals surface area contributed by atoms with Crippen LogP contribution in [0.3, 0.4) is 0 Å². The number of carboxylic acid groups (broad SMARTS) is 1. The maximum Gasteiger partial charge on any atom is 0.311 e. The summed E-state index contributed by atoms with van der Waals surface area (Å²) in [5.41, 5.74) is 7.12. The highest BCUT2D eigenvalue weighted by Gasteiger charge is 2.37. The number of hydrogen-bond acceptors (Lipinski definition) is 2. The first-order valence-corrected chi connectivity index (χ1v) is 6.38. The van der Waals surface area contributed by atoms with E-state index in [4.69, 9.17) is 5.73 Å². The molecule has 0 aliphatic rings. The molecule has 0 amide bonds. The number of aliphatic carboxylic acids is 1. The van der Waals surface area contributed by atoms with Gasteiger partial charge in [-0.2, -0.15) is 0 Å². The minimum Gasteiger partial charge on any atom is -0.481 e. The van der Waals surface area contributed by atoms with Gasteiger partial charge in [0, 0.05) is 6.54 Å². The van der Waals surface area contributed by atoms with Crippen molar-refractivity contribution in [2.75, 3.05) is 6.54 Å². The van der Waals surface area contributed by atoms with Gasteiger partial charge in [-0.3, -0.25) is 4.79 Å². The van der Waals surface area contributed by atoms with Gasteiger partial charge < -0.3 is 10.8 Å². The van der Waals surface area contributed by atoms with Crippen LogP contribution in [-0.2, 0) is 11.2 Å². The summed E-state index contributed by atoms with van der Waals surface area (Å²) in [5.74, 6) is -0.477. The van der Waals surface area contributed by atoms with Crippen molar-refractivity contribution >= 4 is 5.97 Å². The Hall–Kier alpha value is -1.35. The largest absolute Gasteiger partial charge is 0.481 e. The van der Waals surface area contributed by atoms with Crippen LogP contribution in [0.4, 0.5) is 0 Å². The molecule has 1 atom stereocenters. The molecule has 1 aromatic carbocycles. The Bertz CT molecular complexity index is 397. The Morgan fingerprint density at radius 2 is 1.89 bits per heavy atom. The highest BCUT2D eigenvalue weighted by molar-refractivity contribution is 5.75. The van der Waals surface area contributed by atoms with Crippen molar-refractivity contribution in [3.63, 3.8) is 0 Å². The van der Waals surface area contributed by atoms with Crippen LogP contribution < -0.4 is 5.73 Å². The van der Waals surface area contributed by atoms with Crippen LogP contribution in [0.15, 0.2) is 24.3 Å². The van der Waals surface area contributed by atoms with Crippen molar-refractivity contribution in [3.05, 3.63) is 35.4 Å². The Kier molecular flexibility index (Phi) is 4.91. The third kappa shape index (κ3) is 3.57. The highest BCUT2D eigenvalue weighted by atomic mass is 16.4. The summed E-state index contributed by atoms with van der Waals surface area (Å²) in [6, 6.07) is 7.99. The monoisotopic (exact) mass is 249 g/mol. The van der Waals surface area contributed by atoms with Gasteiger partial charge in [-0.15, -0.1) is 0 Å². The van der Waals surface area contributed by atoms with E-state index in [0.717, 1.165) is 5.56 Å². The van der Waals surface area contributed by atoms with Gasteiger partial charge in [0.2, 0.25) is 0 Å². The lowest BCUT2D eigenvalue weighted by Crippen LogP contribution is -2.41. The van der Waals surface area contributed by atoms with E-state index < -0.39 is 11.4 Å². The van der Waals surface area contributed by atoms with Crippen molar-refractivity contribution in [1.82, 2.24) is 0 Å². The Morgan fingerprint density at radius 1 is 1.33 bits per heavy atom. The van der Waals surface area contributed by atoms with Gasteiger partial charge in [-0.1, -0.05) is 43.7 Å². The zero-order chi connectivity index (χ0) is 13.8. The second-order valence-electron chi connectivity index (χ2n) is 5.55. The summed E-state index contributed by atoms with van der Waals surface area (Å²) in [5, 5.41) is 9.51. The average molecular weight is 249 g/mol. The van der Waals surface area contributed by atoms with E-state index in [-0.39, 0.29) is 6.54 Å². The van der Waals surface area contributed by atoms with Crippen LogP contribution in [0.2, 0.25) is 0 Å². The Balaban J connectivity index is 2.97. The van der Waals surface area contributed by atoms with E-state index in [0.29, 0.717) is 18.8 Å². The van der Waals surface area contributed by atoms with Crippen LogP contribution in [0.5, 0.6) is 0 Å². The first kappa shape index (κ1) is 14.7. The maximum atomic E-state index is 11.6. The lowest BCUT2D eigenvalue weighted by molar-refractivity contribution is -0.149. The Labute approximate surface area is 109 Å². The molecule has 0 saturated heterocycles. The van der Waals surface area contributed by atoms with Crippen molar-refractivity contribution in [3.8, 4) is 0 Å². The first-order chi connectivity index (χ1) is 8.39. The number of hydrogen-bond donors (Lipinski definition) is 2. The third-order valence-electron chi connectivity index (χ3n) is 3.31. The predicted molar refractivity (Wildman–Crippen MR) is 73.5 cm³/mol. The van der Waals surface area contributed by atoms with Crippen LogP contribution in [-0.4, -0.2) is 17.6 Å². The van der Waals surface area contributed by atoms with Crippen molar-refractivity contribution in [2.24, 2.45) is 17.1 Å². The molecule has 0 spiro atoms. The Morgan fingerprint density at radius 3 is 2.28 bits per heavy atom. The fourth-order valence-electron chi connectivity index (χ4n) is 2.36. The summed E-state index contributed by atoms with van der Waals surface area (Å²) in [6.07, 6.45) is 1.10. The van der Waals surface area contributed by atoms with Crippen LogP contribution in [0.25, 0.3) is 0 Å². The number of benzene rings is 1. The van der Waals surface area contributed by atoms with E-state index in [2.05, 4.69) is 0 Å². The van der Waals surface area contributed by atoms with E-state index in [1.807, 2.05) is 45.0 Å². The average Bonchev–Trinajstić information content (AvgIpc) is 2.30. The molecule has 1 rings (SSSR count). The second-order valence-corrected chi connectivity index (χ2v) is 5.55. The fourth-order valence-corrected chi connectivity index (χ4v) is 2.36. The van der Waals surface area contributed by atoms with Gasteiger partial charge in [-0.25, -0.2) is 0 Å². The number of aryl methyl sites for hydroxylation is 1. The van der Waals surface area contributed by atoms with Gasteiger partial charge >= 0.3 is 5.97 Å². The molecule has 0 saturated carbocycles. The molecule has 3 nitrogen and oxygen atoms in total. The summed E-state index contributed by atoms with van der Waals surface area (Å²) < 4.78 is 0. The predicted octanol–water partition coefficient (Wildman–Crippen LogP) is 2.61. The van der Waals surface area contributed by atoms with E-state index in [1.54, 1.807) is 0 Å². The second kappa shape index (κ2) is 6.01. The number of carboxylic acids is 1. The molecule has 0 radical (unpaired) electrons. The molecule has 1 aromatic rings. The minimum absolute atomic E-state index is 0.175. The third-order valence-corrected chi connectivity index (χ3v) is 3.31. The molecule has 100 valence electrons. The first-order valence-electron chi connectivity index (χ1n) is 6.38. The summed E-state index contributed by atoms with van der Waals surface area (Å²) in [4.78, 5) is 11.6. The summed E-state index contributed by atoms with van der Waals surface area (Å²) >= 11 is 0. The van der Waals surface area contributed by atoms with Crippen LogP contribution in [0.1, 0.15) is 31.4 Å². The standard InChI is InChI=1S/C15H23NO2/c1-11(2)8-15(10-16,14(17)18)9-13-6-4-12(3)5-7-13/h4-7,11H,8-10,16H2,1-3H3,(H,17,18). The molecular formula is C15H23NO2. The molecule has 0 bridgehead atoms. The van der Waals surface area contributed by atoms with Crippen LogP contribution in [0, 0.1) is 18.3 Å². The smallest absolute Gasteiger partial charge is 0.311 e. The normalized spacial score (nSPS) is 14.5. The molecule has 0 aliphatic carbocycles. The number of nitrogens with two attached hydrogens (primary N) is 1. The van der Waals surface area contributed by atoms with Crippen molar-refractivity contribution < 1.29 is 9.90 Å². The van der Waals surface area contributed by atoms with E-state index >= 15 is 0 Å². The molecule has 0 aromatic heterocycles. The van der Waals surface area contributed by atoms with Crippen molar-refractivity contribution in [1.29, 1.82) is 0 Å². The maximum absolute atomic E-state index is 11.6. The summed E-state index contributed by atoms with van der Waals surface area (Å²) in [7, 11) is 0. The molecule has 0 fully saturated rings. The van der Waals surface area contributed by atoms with Gasteiger partial charge in [0.1, 0.15) is 0 Å². The zero-order valence-electron chi connectivity index (χ0n) is 11.4. The fraction of sp³-hybridized carbons (Fsp3) is 0.533. The van der Waals surface area contributed by atoms with Crippen LogP contribution >= 0.6 is 0 Å². The SMILES string of the molecule is Cc1ccc(CC(CN)(CC(C)C)C(=O)O)cc1. The van der Waals surface area contributed by atoms with Gasteiger partial charge in [0.25, 0.3) is 0 Å². The zero-order valence-corrected chi connectivity index (χ0v) is 11.4. The molecular weight excluding hydrogens is 226 g/mol. The molecule has 0 aliphatic heterocycles. The topological polar surface area (TPSA) is 63.3 Å². The summed E-state index contributed by atoms with van der Waals surface area (Å²) in [6.45, 7) is 6.25. The lowest BCUT2D eigenvalue weighted by atomic mass is 9.75. The molecule has 3 N–H and O–H groups in total. The highest BCUT2D eigenvalue weighted by Crippen LogP contribution is 2.30. The number of carbonyl (C=O) groups is 1. The van der Waals surface area contributed by atoms with E-state index in [9.17, 15) is 9.90 Å². The van der Waals surface area contributed by atoms with E-state index in [1.165, 1.54) is 5.56 Å². The van der Waals surface area contributed by atoms with Gasteiger partial charge in [0.05, 0.1) is 5.41 Å². The quantitative estimate of drug-likeness (QED) is 0.814. The van der Waals surface area contributed by atoms with Crippen molar-refractivity contribution in [2.45, 2.75) is 33.6 Å².